The first kappa shape index (κ1) is 19.3. The molecule has 29 heavy (non-hydrogen) atoms. The van der Waals surface area contributed by atoms with E-state index in [4.69, 9.17) is 13.9 Å². The highest BCUT2D eigenvalue weighted by molar-refractivity contribution is 5.59. The number of rotatable bonds is 7. The minimum Gasteiger partial charge on any atom is -0.495 e. The van der Waals surface area contributed by atoms with Gasteiger partial charge in [0.2, 0.25) is 5.89 Å². The van der Waals surface area contributed by atoms with Gasteiger partial charge in [0.25, 0.3) is 0 Å². The van der Waals surface area contributed by atoms with Gasteiger partial charge in [-0.15, -0.1) is 0 Å². The molecule has 1 fully saturated rings. The van der Waals surface area contributed by atoms with E-state index in [9.17, 15) is 0 Å². The SMILES string of the molecule is CCOc1cccc(-c2nc(CN3CCN(c4ccccc4OC)CC3)co2)c1. The smallest absolute Gasteiger partial charge is 0.226 e. The van der Waals surface area contributed by atoms with Crippen molar-refractivity contribution in [3.63, 3.8) is 0 Å². The van der Waals surface area contributed by atoms with Crippen LogP contribution in [0.5, 0.6) is 11.5 Å². The Morgan fingerprint density at radius 2 is 1.86 bits per heavy atom. The van der Waals surface area contributed by atoms with Crippen LogP contribution in [0.25, 0.3) is 11.5 Å². The fraction of sp³-hybridized carbons (Fsp3) is 0.348. The molecule has 1 aliphatic rings. The number of anilines is 1. The summed E-state index contributed by atoms with van der Waals surface area (Å²) in [7, 11) is 1.72. The van der Waals surface area contributed by atoms with Crippen LogP contribution in [-0.2, 0) is 6.54 Å². The lowest BCUT2D eigenvalue weighted by molar-refractivity contribution is 0.246. The fourth-order valence-electron chi connectivity index (χ4n) is 3.66. The Morgan fingerprint density at radius 1 is 1.03 bits per heavy atom. The number of piperazine rings is 1. The number of ether oxygens (including phenoxy) is 2. The third kappa shape index (κ3) is 4.54. The number of hydrogen-bond acceptors (Lipinski definition) is 6. The van der Waals surface area contributed by atoms with Crippen molar-refractivity contribution in [1.29, 1.82) is 0 Å². The van der Waals surface area contributed by atoms with Crippen molar-refractivity contribution in [2.24, 2.45) is 0 Å². The molecule has 0 radical (unpaired) electrons. The van der Waals surface area contributed by atoms with E-state index < -0.39 is 0 Å². The molecule has 6 nitrogen and oxygen atoms in total. The largest absolute Gasteiger partial charge is 0.495 e. The molecule has 0 spiro atoms. The van der Waals surface area contributed by atoms with E-state index in [-0.39, 0.29) is 0 Å². The van der Waals surface area contributed by atoms with E-state index in [2.05, 4.69) is 26.9 Å². The lowest BCUT2D eigenvalue weighted by Gasteiger charge is -2.36. The predicted molar refractivity (Wildman–Crippen MR) is 114 cm³/mol. The van der Waals surface area contributed by atoms with Crippen LogP contribution in [0.15, 0.2) is 59.2 Å². The molecule has 0 atom stereocenters. The molecule has 1 aliphatic heterocycles. The number of oxazole rings is 1. The second-order valence-corrected chi connectivity index (χ2v) is 7.04. The third-order valence-corrected chi connectivity index (χ3v) is 5.13. The quantitative estimate of drug-likeness (QED) is 0.603. The van der Waals surface area contributed by atoms with E-state index in [1.807, 2.05) is 43.3 Å². The number of aromatic nitrogens is 1. The Hall–Kier alpha value is -2.99. The predicted octanol–water partition coefficient (Wildman–Crippen LogP) is 4.07. The highest BCUT2D eigenvalue weighted by Gasteiger charge is 2.20. The second kappa shape index (κ2) is 9.01. The highest BCUT2D eigenvalue weighted by atomic mass is 16.5. The van der Waals surface area contributed by atoms with Crippen molar-refractivity contribution >= 4 is 5.69 Å². The maximum Gasteiger partial charge on any atom is 0.226 e. The van der Waals surface area contributed by atoms with Crippen LogP contribution in [0.2, 0.25) is 0 Å². The summed E-state index contributed by atoms with van der Waals surface area (Å²) in [5, 5.41) is 0. The van der Waals surface area contributed by atoms with Crippen molar-refractivity contribution in [2.45, 2.75) is 13.5 Å². The second-order valence-electron chi connectivity index (χ2n) is 7.04. The van der Waals surface area contributed by atoms with E-state index in [1.54, 1.807) is 13.4 Å². The van der Waals surface area contributed by atoms with Crippen LogP contribution in [0.4, 0.5) is 5.69 Å². The van der Waals surface area contributed by atoms with Gasteiger partial charge in [-0.2, -0.15) is 0 Å². The summed E-state index contributed by atoms with van der Waals surface area (Å²) in [4.78, 5) is 9.47. The van der Waals surface area contributed by atoms with Crippen LogP contribution in [0, 0.1) is 0 Å². The molecule has 0 unspecified atom stereocenters. The summed E-state index contributed by atoms with van der Waals surface area (Å²) < 4.78 is 16.8. The zero-order chi connectivity index (χ0) is 20.1. The Labute approximate surface area is 171 Å². The highest BCUT2D eigenvalue weighted by Crippen LogP contribution is 2.29. The first-order valence-corrected chi connectivity index (χ1v) is 10.0. The summed E-state index contributed by atoms with van der Waals surface area (Å²) in [5.41, 5.74) is 3.04. The average Bonchev–Trinajstić information content (AvgIpc) is 3.23. The van der Waals surface area contributed by atoms with Gasteiger partial charge in [-0.25, -0.2) is 4.98 Å². The monoisotopic (exact) mass is 393 g/mol. The molecule has 0 aliphatic carbocycles. The van der Waals surface area contributed by atoms with Gasteiger partial charge in [0.05, 0.1) is 25.1 Å². The molecule has 4 rings (SSSR count). The molecular weight excluding hydrogens is 366 g/mol. The summed E-state index contributed by atoms with van der Waals surface area (Å²) in [6, 6.07) is 16.1. The molecule has 0 amide bonds. The van der Waals surface area contributed by atoms with Gasteiger partial charge in [-0.05, 0) is 37.3 Å². The molecule has 2 heterocycles. The first-order valence-electron chi connectivity index (χ1n) is 10.0. The Balaban J connectivity index is 1.36. The summed E-state index contributed by atoms with van der Waals surface area (Å²) in [6.45, 7) is 7.27. The van der Waals surface area contributed by atoms with E-state index in [0.29, 0.717) is 12.5 Å². The Morgan fingerprint density at radius 3 is 2.66 bits per heavy atom. The topological polar surface area (TPSA) is 51.0 Å². The van der Waals surface area contributed by atoms with Gasteiger partial charge in [0.15, 0.2) is 0 Å². The van der Waals surface area contributed by atoms with E-state index >= 15 is 0 Å². The maximum atomic E-state index is 5.73. The van der Waals surface area contributed by atoms with Gasteiger partial charge in [0, 0.05) is 38.3 Å². The number of benzene rings is 2. The van der Waals surface area contributed by atoms with Gasteiger partial charge in [-0.3, -0.25) is 4.90 Å². The Kier molecular flexibility index (Phi) is 6.00. The Bertz CT molecular complexity index is 932. The molecule has 0 N–H and O–H groups in total. The molecule has 1 saturated heterocycles. The lowest BCUT2D eigenvalue weighted by Crippen LogP contribution is -2.46. The van der Waals surface area contributed by atoms with Gasteiger partial charge >= 0.3 is 0 Å². The zero-order valence-corrected chi connectivity index (χ0v) is 17.0. The third-order valence-electron chi connectivity index (χ3n) is 5.13. The van der Waals surface area contributed by atoms with Gasteiger partial charge in [-0.1, -0.05) is 18.2 Å². The van der Waals surface area contributed by atoms with Crippen molar-refractivity contribution in [1.82, 2.24) is 9.88 Å². The molecule has 1 aromatic heterocycles. The van der Waals surface area contributed by atoms with Gasteiger partial charge < -0.3 is 18.8 Å². The summed E-state index contributed by atoms with van der Waals surface area (Å²) >= 11 is 0. The minimum absolute atomic E-state index is 0.634. The molecule has 0 saturated carbocycles. The minimum atomic E-state index is 0.634. The van der Waals surface area contributed by atoms with Crippen LogP contribution in [0.3, 0.4) is 0 Å². The molecule has 152 valence electrons. The summed E-state index contributed by atoms with van der Waals surface area (Å²) in [6.07, 6.45) is 1.76. The standard InChI is InChI=1S/C23H27N3O3/c1-3-28-20-8-6-7-18(15-20)23-24-19(17-29-23)16-25-11-13-26(14-12-25)21-9-4-5-10-22(21)27-2/h4-10,15,17H,3,11-14,16H2,1-2H3. The van der Waals surface area contributed by atoms with E-state index in [0.717, 1.165) is 61.2 Å². The molecule has 3 aromatic rings. The summed E-state index contributed by atoms with van der Waals surface area (Å²) in [5.74, 6) is 2.39. The van der Waals surface area contributed by atoms with Gasteiger partial charge in [0.1, 0.15) is 17.8 Å². The van der Waals surface area contributed by atoms with E-state index in [1.165, 1.54) is 0 Å². The number of methoxy groups -OCH3 is 1. The average molecular weight is 393 g/mol. The van der Waals surface area contributed by atoms with Crippen molar-refractivity contribution in [3.8, 4) is 23.0 Å². The molecule has 6 heteroatoms. The maximum absolute atomic E-state index is 5.73. The first-order chi connectivity index (χ1) is 14.3. The molecule has 2 aromatic carbocycles. The van der Waals surface area contributed by atoms with Crippen LogP contribution in [-0.4, -0.2) is 49.8 Å². The van der Waals surface area contributed by atoms with Crippen LogP contribution in [0.1, 0.15) is 12.6 Å². The fourth-order valence-corrected chi connectivity index (χ4v) is 3.66. The lowest BCUT2D eigenvalue weighted by atomic mass is 10.2. The van der Waals surface area contributed by atoms with Crippen molar-refractivity contribution in [2.75, 3.05) is 44.8 Å². The number of hydrogen-bond donors (Lipinski definition) is 0. The van der Waals surface area contributed by atoms with Crippen molar-refractivity contribution in [3.05, 3.63) is 60.5 Å². The normalized spacial score (nSPS) is 14.8. The number of para-hydroxylation sites is 2. The van der Waals surface area contributed by atoms with Crippen molar-refractivity contribution < 1.29 is 13.9 Å². The molecule has 0 bridgehead atoms. The zero-order valence-electron chi connectivity index (χ0n) is 17.0. The molecular formula is C23H27N3O3. The van der Waals surface area contributed by atoms with Crippen LogP contribution < -0.4 is 14.4 Å². The number of nitrogens with zero attached hydrogens (tertiary/aromatic N) is 3. The van der Waals surface area contributed by atoms with Crippen LogP contribution >= 0.6 is 0 Å².